The van der Waals surface area contributed by atoms with Gasteiger partial charge in [-0.05, 0) is 17.7 Å². The van der Waals surface area contributed by atoms with Crippen molar-refractivity contribution >= 4 is 39.0 Å². The van der Waals surface area contributed by atoms with Crippen molar-refractivity contribution in [1.82, 2.24) is 10.2 Å². The predicted molar refractivity (Wildman–Crippen MR) is 63.6 cm³/mol. The first-order valence-corrected chi connectivity index (χ1v) is 6.74. The third kappa shape index (κ3) is 2.99. The molecule has 78 valence electrons. The number of hydrogen-bond acceptors (Lipinski definition) is 4. The average molecular weight is 305 g/mol. The van der Waals surface area contributed by atoms with Crippen LogP contribution in [0.2, 0.25) is 0 Å². The molecule has 1 aromatic carbocycles. The molecular formula is C9H6BrFN2S2. The molecule has 0 radical (unpaired) electrons. The second-order valence-corrected chi connectivity index (χ2v) is 5.70. The lowest BCUT2D eigenvalue weighted by Gasteiger charge is -2.01. The Balaban J connectivity index is 2.05. The van der Waals surface area contributed by atoms with Gasteiger partial charge in [-0.25, -0.2) is 4.39 Å². The van der Waals surface area contributed by atoms with Crippen LogP contribution in [-0.2, 0) is 5.75 Å². The summed E-state index contributed by atoms with van der Waals surface area (Å²) < 4.78 is 15.0. The maximum absolute atomic E-state index is 13.4. The van der Waals surface area contributed by atoms with E-state index in [1.54, 1.807) is 11.6 Å². The zero-order chi connectivity index (χ0) is 10.7. The van der Waals surface area contributed by atoms with Crippen molar-refractivity contribution in [3.05, 3.63) is 39.6 Å². The van der Waals surface area contributed by atoms with Gasteiger partial charge >= 0.3 is 0 Å². The first-order valence-electron chi connectivity index (χ1n) is 4.08. The number of benzene rings is 1. The van der Waals surface area contributed by atoms with E-state index in [0.717, 1.165) is 8.81 Å². The molecule has 0 atom stereocenters. The lowest BCUT2D eigenvalue weighted by atomic mass is 10.2. The van der Waals surface area contributed by atoms with Crippen LogP contribution in [0.3, 0.4) is 0 Å². The highest BCUT2D eigenvalue weighted by Crippen LogP contribution is 2.25. The predicted octanol–water partition coefficient (Wildman–Crippen LogP) is 3.73. The van der Waals surface area contributed by atoms with E-state index in [1.165, 1.54) is 29.2 Å². The Morgan fingerprint density at radius 1 is 1.47 bits per heavy atom. The molecule has 1 aromatic heterocycles. The fraction of sp³-hybridized carbons (Fsp3) is 0.111. The van der Waals surface area contributed by atoms with Gasteiger partial charge < -0.3 is 0 Å². The summed E-state index contributed by atoms with van der Waals surface area (Å²) in [5.41, 5.74) is 2.35. The van der Waals surface area contributed by atoms with Crippen molar-refractivity contribution in [2.75, 3.05) is 0 Å². The van der Waals surface area contributed by atoms with E-state index in [2.05, 4.69) is 26.1 Å². The zero-order valence-corrected chi connectivity index (χ0v) is 10.7. The summed E-state index contributed by atoms with van der Waals surface area (Å²) in [6, 6.07) is 5.07. The molecule has 1 heterocycles. The van der Waals surface area contributed by atoms with Crippen LogP contribution >= 0.6 is 39.0 Å². The third-order valence-electron chi connectivity index (χ3n) is 1.71. The van der Waals surface area contributed by atoms with Crippen LogP contribution in [0, 0.1) is 5.82 Å². The maximum atomic E-state index is 13.4. The summed E-state index contributed by atoms with van der Waals surface area (Å²) in [6.07, 6.45) is 0. The number of aromatic nitrogens is 2. The van der Waals surface area contributed by atoms with E-state index in [-0.39, 0.29) is 5.82 Å². The Hall–Kier alpha value is -0.460. The first-order chi connectivity index (χ1) is 7.25. The molecule has 6 heteroatoms. The quantitative estimate of drug-likeness (QED) is 0.808. The maximum Gasteiger partial charge on any atom is 0.174 e. The smallest absolute Gasteiger partial charge is 0.174 e. The number of halogens is 2. The van der Waals surface area contributed by atoms with Gasteiger partial charge in [0.25, 0.3) is 0 Å². The summed E-state index contributed by atoms with van der Waals surface area (Å²) in [5.74, 6) is 0.385. The standard InChI is InChI=1S/C9H6BrFN2S2/c10-7-2-1-6(8(11)3-7)4-14-9-13-12-5-15-9/h1-3,5H,4H2. The van der Waals surface area contributed by atoms with E-state index in [4.69, 9.17) is 0 Å². The lowest BCUT2D eigenvalue weighted by molar-refractivity contribution is 0.616. The molecule has 0 saturated carbocycles. The molecule has 0 amide bonds. The number of nitrogens with zero attached hydrogens (tertiary/aromatic N) is 2. The number of hydrogen-bond donors (Lipinski definition) is 0. The molecular weight excluding hydrogens is 299 g/mol. The summed E-state index contributed by atoms with van der Waals surface area (Å²) >= 11 is 6.17. The minimum absolute atomic E-state index is 0.193. The molecule has 15 heavy (non-hydrogen) atoms. The molecule has 0 N–H and O–H groups in total. The van der Waals surface area contributed by atoms with Crippen LogP contribution in [0.4, 0.5) is 4.39 Å². The van der Waals surface area contributed by atoms with Gasteiger partial charge in [-0.3, -0.25) is 0 Å². The van der Waals surface area contributed by atoms with E-state index >= 15 is 0 Å². The first kappa shape index (κ1) is 11.0. The molecule has 0 spiro atoms. The summed E-state index contributed by atoms with van der Waals surface area (Å²) in [7, 11) is 0. The van der Waals surface area contributed by atoms with Gasteiger partial charge in [-0.15, -0.1) is 10.2 Å². The van der Waals surface area contributed by atoms with Gasteiger partial charge in [0.05, 0.1) is 0 Å². The molecule has 0 aliphatic rings. The van der Waals surface area contributed by atoms with E-state index in [9.17, 15) is 4.39 Å². The molecule has 0 fully saturated rings. The normalized spacial score (nSPS) is 10.5. The number of rotatable bonds is 3. The molecule has 2 nitrogen and oxygen atoms in total. The molecule has 0 saturated heterocycles. The van der Waals surface area contributed by atoms with Gasteiger partial charge in [-0.2, -0.15) is 0 Å². The van der Waals surface area contributed by atoms with Crippen molar-refractivity contribution in [1.29, 1.82) is 0 Å². The highest BCUT2D eigenvalue weighted by Gasteiger charge is 2.04. The second-order valence-electron chi connectivity index (χ2n) is 2.73. The number of thioether (sulfide) groups is 1. The molecule has 0 aliphatic carbocycles. The SMILES string of the molecule is Fc1cc(Br)ccc1CSc1nncs1. The largest absolute Gasteiger partial charge is 0.207 e. The van der Waals surface area contributed by atoms with E-state index in [1.807, 2.05) is 6.07 Å². The average Bonchev–Trinajstić information content (AvgIpc) is 2.69. The van der Waals surface area contributed by atoms with Crippen molar-refractivity contribution in [3.63, 3.8) is 0 Å². The van der Waals surface area contributed by atoms with Gasteiger partial charge in [0.15, 0.2) is 4.34 Å². The third-order valence-corrected chi connectivity index (χ3v) is 4.11. The highest BCUT2D eigenvalue weighted by atomic mass is 79.9. The van der Waals surface area contributed by atoms with Crippen LogP contribution < -0.4 is 0 Å². The topological polar surface area (TPSA) is 25.8 Å². The van der Waals surface area contributed by atoms with Crippen molar-refractivity contribution in [3.8, 4) is 0 Å². The minimum Gasteiger partial charge on any atom is -0.207 e. The van der Waals surface area contributed by atoms with Gasteiger partial charge in [0.1, 0.15) is 11.3 Å². The van der Waals surface area contributed by atoms with Crippen LogP contribution in [0.1, 0.15) is 5.56 Å². The summed E-state index contributed by atoms with van der Waals surface area (Å²) in [5, 5.41) is 7.60. The molecule has 0 aliphatic heterocycles. The van der Waals surface area contributed by atoms with Crippen molar-refractivity contribution in [2.24, 2.45) is 0 Å². The fourth-order valence-electron chi connectivity index (χ4n) is 1.00. The lowest BCUT2D eigenvalue weighted by Crippen LogP contribution is -1.87. The Bertz CT molecular complexity index is 447. The Morgan fingerprint density at radius 3 is 3.00 bits per heavy atom. The molecule has 0 unspecified atom stereocenters. The van der Waals surface area contributed by atoms with E-state index in [0.29, 0.717) is 11.3 Å². The minimum atomic E-state index is -0.193. The second kappa shape index (κ2) is 5.05. The van der Waals surface area contributed by atoms with Crippen LogP contribution in [0.15, 0.2) is 32.5 Å². The summed E-state index contributed by atoms with van der Waals surface area (Å²) in [6.45, 7) is 0. The Morgan fingerprint density at radius 2 is 2.33 bits per heavy atom. The molecule has 0 bridgehead atoms. The highest BCUT2D eigenvalue weighted by molar-refractivity contribution is 9.10. The zero-order valence-electron chi connectivity index (χ0n) is 7.48. The fourth-order valence-corrected chi connectivity index (χ4v) is 2.81. The van der Waals surface area contributed by atoms with Gasteiger partial charge in [-0.1, -0.05) is 45.1 Å². The van der Waals surface area contributed by atoms with Gasteiger partial charge in [0.2, 0.25) is 0 Å². The Labute approximate surface area is 103 Å². The monoisotopic (exact) mass is 304 g/mol. The molecule has 2 aromatic rings. The van der Waals surface area contributed by atoms with Crippen LogP contribution in [0.25, 0.3) is 0 Å². The van der Waals surface area contributed by atoms with E-state index < -0.39 is 0 Å². The van der Waals surface area contributed by atoms with Crippen LogP contribution in [0.5, 0.6) is 0 Å². The molecule has 2 rings (SSSR count). The van der Waals surface area contributed by atoms with Gasteiger partial charge in [0, 0.05) is 10.2 Å². The summed E-state index contributed by atoms with van der Waals surface area (Å²) in [4.78, 5) is 0. The van der Waals surface area contributed by atoms with Crippen LogP contribution in [-0.4, -0.2) is 10.2 Å². The van der Waals surface area contributed by atoms with Crippen molar-refractivity contribution < 1.29 is 4.39 Å². The van der Waals surface area contributed by atoms with Crippen molar-refractivity contribution in [2.45, 2.75) is 10.1 Å². The Kier molecular flexibility index (Phi) is 3.71.